The van der Waals surface area contributed by atoms with Crippen LogP contribution in [0.2, 0.25) is 0 Å². The Morgan fingerprint density at radius 1 is 1.26 bits per heavy atom. The molecule has 2 heterocycles. The van der Waals surface area contributed by atoms with E-state index in [0.29, 0.717) is 13.1 Å². The highest BCUT2D eigenvalue weighted by Crippen LogP contribution is 2.24. The van der Waals surface area contributed by atoms with Crippen molar-refractivity contribution in [3.8, 4) is 5.75 Å². The molecule has 0 saturated carbocycles. The van der Waals surface area contributed by atoms with E-state index in [1.54, 1.807) is 4.90 Å². The molecule has 23 heavy (non-hydrogen) atoms. The molecular formula is C17H18N2O4. The predicted molar refractivity (Wildman–Crippen MR) is 84.4 cm³/mol. The molecule has 0 aliphatic carbocycles. The molecule has 1 atom stereocenters. The summed E-state index contributed by atoms with van der Waals surface area (Å²) in [6.07, 6.45) is 0.903. The first kappa shape index (κ1) is 15.3. The molecular weight excluding hydrogens is 296 g/mol. The number of rotatable bonds is 2. The molecule has 1 aromatic heterocycles. The van der Waals surface area contributed by atoms with E-state index in [1.165, 1.54) is 0 Å². The van der Waals surface area contributed by atoms with E-state index in [2.05, 4.69) is 4.90 Å². The van der Waals surface area contributed by atoms with Crippen molar-refractivity contribution in [1.29, 1.82) is 0 Å². The zero-order valence-corrected chi connectivity index (χ0v) is 12.8. The van der Waals surface area contributed by atoms with Crippen molar-refractivity contribution in [3.63, 3.8) is 0 Å². The standard InChI is InChI=1S/C17H18N2O4/c1-18-7-8-19(10-13(18)12-5-3-2-4-6-12)17(22)16-9-14(20)15(21)11-23-16/h2-6,9,11,13,21H,7-8,10H2,1H3. The number of amides is 1. The quantitative estimate of drug-likeness (QED) is 0.909. The van der Waals surface area contributed by atoms with Gasteiger partial charge >= 0.3 is 0 Å². The predicted octanol–water partition coefficient (Wildman–Crippen LogP) is 1.47. The van der Waals surface area contributed by atoms with Crippen LogP contribution >= 0.6 is 0 Å². The molecule has 1 amide bonds. The first-order valence-corrected chi connectivity index (χ1v) is 7.42. The lowest BCUT2D eigenvalue weighted by Gasteiger charge is -2.39. The van der Waals surface area contributed by atoms with Gasteiger partial charge in [-0.05, 0) is 12.6 Å². The van der Waals surface area contributed by atoms with Crippen molar-refractivity contribution >= 4 is 5.91 Å². The summed E-state index contributed by atoms with van der Waals surface area (Å²) in [5.41, 5.74) is 0.521. The summed E-state index contributed by atoms with van der Waals surface area (Å²) >= 11 is 0. The van der Waals surface area contributed by atoms with Crippen molar-refractivity contribution in [1.82, 2.24) is 9.80 Å². The van der Waals surface area contributed by atoms with Gasteiger partial charge < -0.3 is 14.4 Å². The SMILES string of the molecule is CN1CCN(C(=O)c2cc(=O)c(O)co2)CC1c1ccccc1. The summed E-state index contributed by atoms with van der Waals surface area (Å²) in [5, 5.41) is 9.22. The van der Waals surface area contributed by atoms with Crippen LogP contribution in [0.4, 0.5) is 0 Å². The Hall–Kier alpha value is -2.60. The maximum Gasteiger partial charge on any atom is 0.289 e. The molecule has 1 saturated heterocycles. The number of aromatic hydroxyl groups is 1. The van der Waals surface area contributed by atoms with Gasteiger partial charge in [0.2, 0.25) is 5.43 Å². The lowest BCUT2D eigenvalue weighted by molar-refractivity contribution is 0.0514. The van der Waals surface area contributed by atoms with E-state index in [4.69, 9.17) is 4.42 Å². The van der Waals surface area contributed by atoms with Crippen LogP contribution in [0.5, 0.6) is 5.75 Å². The van der Waals surface area contributed by atoms with Crippen molar-refractivity contribution in [2.24, 2.45) is 0 Å². The van der Waals surface area contributed by atoms with Gasteiger partial charge in [0.05, 0.1) is 6.04 Å². The van der Waals surface area contributed by atoms with Gasteiger partial charge in [0, 0.05) is 25.7 Å². The van der Waals surface area contributed by atoms with Gasteiger partial charge in [0.15, 0.2) is 11.5 Å². The minimum atomic E-state index is -0.617. The zero-order valence-electron chi connectivity index (χ0n) is 12.8. The topological polar surface area (TPSA) is 74.0 Å². The van der Waals surface area contributed by atoms with E-state index < -0.39 is 11.2 Å². The van der Waals surface area contributed by atoms with Gasteiger partial charge in [-0.1, -0.05) is 30.3 Å². The Labute approximate surface area is 133 Å². The Balaban J connectivity index is 1.82. The molecule has 1 unspecified atom stereocenters. The second-order valence-corrected chi connectivity index (χ2v) is 5.65. The molecule has 6 nitrogen and oxygen atoms in total. The van der Waals surface area contributed by atoms with Crippen LogP contribution in [0.1, 0.15) is 22.2 Å². The molecule has 120 valence electrons. The molecule has 3 rings (SSSR count). The molecule has 0 radical (unpaired) electrons. The van der Waals surface area contributed by atoms with Gasteiger partial charge in [-0.25, -0.2) is 0 Å². The Morgan fingerprint density at radius 2 is 2.00 bits per heavy atom. The first-order chi connectivity index (χ1) is 11.1. The molecule has 1 N–H and O–H groups in total. The number of carbonyl (C=O) groups is 1. The monoisotopic (exact) mass is 314 g/mol. The molecule has 1 aliphatic heterocycles. The van der Waals surface area contributed by atoms with Gasteiger partial charge in [-0.15, -0.1) is 0 Å². The summed E-state index contributed by atoms with van der Waals surface area (Å²) in [5.74, 6) is -0.887. The third-order valence-corrected chi connectivity index (χ3v) is 4.14. The van der Waals surface area contributed by atoms with Gasteiger partial charge in [0.1, 0.15) is 6.26 Å². The molecule has 1 fully saturated rings. The summed E-state index contributed by atoms with van der Waals surface area (Å²) < 4.78 is 5.07. The number of hydrogen-bond donors (Lipinski definition) is 1. The minimum Gasteiger partial charge on any atom is -0.502 e. The van der Waals surface area contributed by atoms with Crippen LogP contribution in [0.25, 0.3) is 0 Å². The van der Waals surface area contributed by atoms with Crippen LogP contribution in [0.15, 0.2) is 51.9 Å². The maximum absolute atomic E-state index is 12.5. The fraction of sp³-hybridized carbons (Fsp3) is 0.294. The number of benzene rings is 1. The summed E-state index contributed by atoms with van der Waals surface area (Å²) in [6.45, 7) is 1.81. The number of piperazine rings is 1. The second-order valence-electron chi connectivity index (χ2n) is 5.65. The van der Waals surface area contributed by atoms with Gasteiger partial charge in [0.25, 0.3) is 5.91 Å². The summed E-state index contributed by atoms with van der Waals surface area (Å²) in [7, 11) is 2.03. The van der Waals surface area contributed by atoms with Crippen LogP contribution < -0.4 is 5.43 Å². The fourth-order valence-corrected chi connectivity index (χ4v) is 2.77. The smallest absolute Gasteiger partial charge is 0.289 e. The van der Waals surface area contributed by atoms with Crippen molar-refractivity contribution in [2.75, 3.05) is 26.7 Å². The molecule has 2 aromatic rings. The number of nitrogens with zero attached hydrogens (tertiary/aromatic N) is 2. The number of carbonyl (C=O) groups excluding carboxylic acids is 1. The van der Waals surface area contributed by atoms with Crippen LogP contribution in [-0.2, 0) is 0 Å². The van der Waals surface area contributed by atoms with Crippen molar-refractivity contribution in [3.05, 3.63) is 64.2 Å². The molecule has 1 aliphatic rings. The van der Waals surface area contributed by atoms with E-state index in [0.717, 1.165) is 24.4 Å². The Bertz CT molecular complexity index is 757. The van der Waals surface area contributed by atoms with Crippen molar-refractivity contribution in [2.45, 2.75) is 6.04 Å². The highest BCUT2D eigenvalue weighted by Gasteiger charge is 2.30. The highest BCUT2D eigenvalue weighted by atomic mass is 16.4. The lowest BCUT2D eigenvalue weighted by Crippen LogP contribution is -2.49. The number of likely N-dealkylation sites (N-methyl/N-ethyl adjacent to an activating group) is 1. The third kappa shape index (κ3) is 3.12. The average Bonchev–Trinajstić information content (AvgIpc) is 2.58. The molecule has 0 spiro atoms. The van der Waals surface area contributed by atoms with E-state index in [9.17, 15) is 14.7 Å². The van der Waals surface area contributed by atoms with Crippen LogP contribution in [0, 0.1) is 0 Å². The average molecular weight is 314 g/mol. The van der Waals surface area contributed by atoms with E-state index in [1.807, 2.05) is 37.4 Å². The van der Waals surface area contributed by atoms with Gasteiger partial charge in [-0.2, -0.15) is 0 Å². The Kier molecular flexibility index (Phi) is 4.16. The Morgan fingerprint density at radius 3 is 2.70 bits per heavy atom. The lowest BCUT2D eigenvalue weighted by atomic mass is 10.0. The maximum atomic E-state index is 12.5. The van der Waals surface area contributed by atoms with Gasteiger partial charge in [-0.3, -0.25) is 14.5 Å². The largest absolute Gasteiger partial charge is 0.502 e. The molecule has 0 bridgehead atoms. The molecule has 6 heteroatoms. The van der Waals surface area contributed by atoms with E-state index in [-0.39, 0.29) is 17.7 Å². The molecule has 1 aromatic carbocycles. The van der Waals surface area contributed by atoms with Crippen LogP contribution in [-0.4, -0.2) is 47.5 Å². The number of hydrogen-bond acceptors (Lipinski definition) is 5. The normalized spacial score (nSPS) is 18.8. The van der Waals surface area contributed by atoms with Crippen molar-refractivity contribution < 1.29 is 14.3 Å². The first-order valence-electron chi connectivity index (χ1n) is 7.42. The van der Waals surface area contributed by atoms with E-state index >= 15 is 0 Å². The fourth-order valence-electron chi connectivity index (χ4n) is 2.77. The minimum absolute atomic E-state index is 0.0517. The van der Waals surface area contributed by atoms with Crippen LogP contribution in [0.3, 0.4) is 0 Å². The summed E-state index contributed by atoms with van der Waals surface area (Å²) in [4.78, 5) is 27.9. The highest BCUT2D eigenvalue weighted by molar-refractivity contribution is 5.91. The second kappa shape index (κ2) is 6.26. The summed E-state index contributed by atoms with van der Waals surface area (Å²) in [6, 6.07) is 11.1. The third-order valence-electron chi connectivity index (χ3n) is 4.14. The zero-order chi connectivity index (χ0) is 16.4.